The molecule has 0 radical (unpaired) electrons. The van der Waals surface area contributed by atoms with Gasteiger partial charge in [-0.3, -0.25) is 4.79 Å². The van der Waals surface area contributed by atoms with Gasteiger partial charge in [0.15, 0.2) is 14.6 Å². The normalized spacial score (nSPS) is 14.9. The van der Waals surface area contributed by atoms with E-state index in [0.717, 1.165) is 5.39 Å². The van der Waals surface area contributed by atoms with Crippen molar-refractivity contribution in [2.75, 3.05) is 6.54 Å². The average Bonchev–Trinajstić information content (AvgIpc) is 2.45. The number of hydrogen-bond acceptors (Lipinski definition) is 4. The minimum Gasteiger partial charge on any atom is -0.368 e. The Morgan fingerprint density at radius 1 is 1.15 bits per heavy atom. The third kappa shape index (κ3) is 1.97. The molecule has 20 heavy (non-hydrogen) atoms. The highest BCUT2D eigenvalue weighted by atomic mass is 32.2. The zero-order valence-corrected chi connectivity index (χ0v) is 11.9. The summed E-state index contributed by atoms with van der Waals surface area (Å²) in [6, 6.07) is 12.0. The molecule has 0 aliphatic rings. The van der Waals surface area contributed by atoms with Gasteiger partial charge in [-0.25, -0.2) is 8.42 Å². The first-order chi connectivity index (χ1) is 9.34. The van der Waals surface area contributed by atoms with Gasteiger partial charge in [0.25, 0.3) is 0 Å². The SMILES string of the molecule is CC(CN)(C(N)=O)S(=O)(=O)c1cccc2ccccc12. The van der Waals surface area contributed by atoms with Gasteiger partial charge in [0, 0.05) is 11.9 Å². The third-order valence-electron chi connectivity index (χ3n) is 3.54. The molecule has 2 aromatic carbocycles. The Balaban J connectivity index is 2.79. The van der Waals surface area contributed by atoms with Crippen LogP contribution in [0, 0.1) is 0 Å². The van der Waals surface area contributed by atoms with E-state index in [1.807, 2.05) is 6.07 Å². The van der Waals surface area contributed by atoms with Crippen LogP contribution in [-0.4, -0.2) is 25.6 Å². The summed E-state index contributed by atoms with van der Waals surface area (Å²) in [4.78, 5) is 11.6. The van der Waals surface area contributed by atoms with Crippen LogP contribution in [0.5, 0.6) is 0 Å². The van der Waals surface area contributed by atoms with Crippen molar-refractivity contribution in [3.8, 4) is 0 Å². The van der Waals surface area contributed by atoms with Crippen LogP contribution in [0.4, 0.5) is 0 Å². The number of sulfone groups is 1. The third-order valence-corrected chi connectivity index (χ3v) is 6.03. The van der Waals surface area contributed by atoms with Crippen molar-refractivity contribution in [1.29, 1.82) is 0 Å². The van der Waals surface area contributed by atoms with Gasteiger partial charge < -0.3 is 11.5 Å². The van der Waals surface area contributed by atoms with Gasteiger partial charge in [0.1, 0.15) is 0 Å². The molecule has 2 rings (SSSR count). The first-order valence-electron chi connectivity index (χ1n) is 6.07. The highest BCUT2D eigenvalue weighted by molar-refractivity contribution is 7.93. The van der Waals surface area contributed by atoms with E-state index >= 15 is 0 Å². The second kappa shape index (κ2) is 4.88. The molecule has 0 aliphatic carbocycles. The predicted octanol–water partition coefficient (Wildman–Crippen LogP) is 0.816. The van der Waals surface area contributed by atoms with Gasteiger partial charge in [0.05, 0.1) is 4.90 Å². The topological polar surface area (TPSA) is 103 Å². The molecule has 0 heterocycles. The average molecular weight is 292 g/mol. The molecule has 0 spiro atoms. The van der Waals surface area contributed by atoms with E-state index in [1.54, 1.807) is 30.3 Å². The van der Waals surface area contributed by atoms with E-state index in [-0.39, 0.29) is 11.4 Å². The van der Waals surface area contributed by atoms with E-state index in [9.17, 15) is 13.2 Å². The Morgan fingerprint density at radius 2 is 1.75 bits per heavy atom. The fourth-order valence-electron chi connectivity index (χ4n) is 2.02. The molecule has 1 amide bonds. The van der Waals surface area contributed by atoms with Gasteiger partial charge in [-0.1, -0.05) is 36.4 Å². The predicted molar refractivity (Wildman–Crippen MR) is 77.8 cm³/mol. The van der Waals surface area contributed by atoms with Gasteiger partial charge in [-0.15, -0.1) is 0 Å². The molecule has 2 aromatic rings. The maximum atomic E-state index is 12.8. The second-order valence-corrected chi connectivity index (χ2v) is 7.13. The number of benzene rings is 2. The summed E-state index contributed by atoms with van der Waals surface area (Å²) >= 11 is 0. The lowest BCUT2D eigenvalue weighted by Crippen LogP contribution is -2.53. The molecule has 0 aliphatic heterocycles. The van der Waals surface area contributed by atoms with E-state index in [2.05, 4.69) is 0 Å². The van der Waals surface area contributed by atoms with Crippen molar-refractivity contribution in [1.82, 2.24) is 0 Å². The standard InChI is InChI=1S/C14H16N2O3S/c1-14(9-15,13(16)17)20(18,19)12-8-4-6-10-5-2-3-7-11(10)12/h2-8H,9,15H2,1H3,(H2,16,17). The van der Waals surface area contributed by atoms with E-state index in [0.29, 0.717) is 5.39 Å². The largest absolute Gasteiger partial charge is 0.368 e. The molecule has 0 saturated carbocycles. The summed E-state index contributed by atoms with van der Waals surface area (Å²) in [6.07, 6.45) is 0. The van der Waals surface area contributed by atoms with E-state index < -0.39 is 20.5 Å². The molecule has 0 saturated heterocycles. The van der Waals surface area contributed by atoms with Crippen LogP contribution >= 0.6 is 0 Å². The van der Waals surface area contributed by atoms with Crippen molar-refractivity contribution in [2.45, 2.75) is 16.6 Å². The maximum Gasteiger partial charge on any atom is 0.240 e. The van der Waals surface area contributed by atoms with Crippen LogP contribution in [-0.2, 0) is 14.6 Å². The van der Waals surface area contributed by atoms with E-state index in [4.69, 9.17) is 11.5 Å². The van der Waals surface area contributed by atoms with Gasteiger partial charge in [-0.2, -0.15) is 0 Å². The second-order valence-electron chi connectivity index (χ2n) is 4.78. The maximum absolute atomic E-state index is 12.8. The van der Waals surface area contributed by atoms with Crippen molar-refractivity contribution >= 4 is 26.5 Å². The minimum atomic E-state index is -3.98. The summed E-state index contributed by atoms with van der Waals surface area (Å²) in [5, 5.41) is 1.33. The van der Waals surface area contributed by atoms with Crippen LogP contribution in [0.15, 0.2) is 47.4 Å². The smallest absolute Gasteiger partial charge is 0.240 e. The van der Waals surface area contributed by atoms with Crippen molar-refractivity contribution in [2.24, 2.45) is 11.5 Å². The van der Waals surface area contributed by atoms with Crippen molar-refractivity contribution < 1.29 is 13.2 Å². The monoisotopic (exact) mass is 292 g/mol. The molecular formula is C14H16N2O3S. The van der Waals surface area contributed by atoms with Crippen LogP contribution in [0.2, 0.25) is 0 Å². The summed E-state index contributed by atoms with van der Waals surface area (Å²) in [6.45, 7) is 0.889. The van der Waals surface area contributed by atoms with Crippen LogP contribution in [0.3, 0.4) is 0 Å². The number of carbonyl (C=O) groups excluding carboxylic acids is 1. The first-order valence-corrected chi connectivity index (χ1v) is 7.55. The molecule has 0 aromatic heterocycles. The number of amides is 1. The lowest BCUT2D eigenvalue weighted by molar-refractivity contribution is -0.119. The number of fused-ring (bicyclic) bond motifs is 1. The lowest BCUT2D eigenvalue weighted by atomic mass is 10.1. The number of hydrogen-bond donors (Lipinski definition) is 2. The molecule has 5 nitrogen and oxygen atoms in total. The van der Waals surface area contributed by atoms with Gasteiger partial charge in [0.2, 0.25) is 5.91 Å². The Kier molecular flexibility index (Phi) is 3.54. The number of carbonyl (C=O) groups is 1. The Bertz CT molecular complexity index is 766. The molecule has 1 atom stereocenters. The number of rotatable bonds is 4. The molecule has 1 unspecified atom stereocenters. The summed E-state index contributed by atoms with van der Waals surface area (Å²) < 4.78 is 23.7. The zero-order chi connectivity index (χ0) is 15.0. The molecule has 4 N–H and O–H groups in total. The fraction of sp³-hybridized carbons (Fsp3) is 0.214. The van der Waals surface area contributed by atoms with Gasteiger partial charge in [-0.05, 0) is 18.4 Å². The molecule has 106 valence electrons. The fourth-order valence-corrected chi connectivity index (χ4v) is 3.72. The number of primary amides is 1. The van der Waals surface area contributed by atoms with Crippen molar-refractivity contribution in [3.63, 3.8) is 0 Å². The molecule has 0 bridgehead atoms. The van der Waals surface area contributed by atoms with Crippen LogP contribution in [0.1, 0.15) is 6.92 Å². The van der Waals surface area contributed by atoms with Crippen molar-refractivity contribution in [3.05, 3.63) is 42.5 Å². The van der Waals surface area contributed by atoms with Crippen LogP contribution < -0.4 is 11.5 Å². The van der Waals surface area contributed by atoms with E-state index in [1.165, 1.54) is 13.0 Å². The van der Waals surface area contributed by atoms with Crippen LogP contribution in [0.25, 0.3) is 10.8 Å². The zero-order valence-electron chi connectivity index (χ0n) is 11.0. The molecular weight excluding hydrogens is 276 g/mol. The Labute approximate surface area is 117 Å². The highest BCUT2D eigenvalue weighted by Gasteiger charge is 2.45. The quantitative estimate of drug-likeness (QED) is 0.870. The Hall–Kier alpha value is -1.92. The van der Waals surface area contributed by atoms with Gasteiger partial charge >= 0.3 is 0 Å². The summed E-state index contributed by atoms with van der Waals surface area (Å²) in [5.41, 5.74) is 10.7. The highest BCUT2D eigenvalue weighted by Crippen LogP contribution is 2.30. The molecule has 0 fully saturated rings. The summed E-state index contributed by atoms with van der Waals surface area (Å²) in [5.74, 6) is -0.951. The number of nitrogens with two attached hydrogens (primary N) is 2. The lowest BCUT2D eigenvalue weighted by Gasteiger charge is -2.24. The Morgan fingerprint density at radius 3 is 2.35 bits per heavy atom. The summed E-state index contributed by atoms with van der Waals surface area (Å²) in [7, 11) is -3.98. The molecule has 6 heteroatoms. The first kappa shape index (κ1) is 14.5. The minimum absolute atomic E-state index is 0.0716.